The van der Waals surface area contributed by atoms with E-state index in [1.54, 1.807) is 0 Å². The van der Waals surface area contributed by atoms with Gasteiger partial charge in [0.1, 0.15) is 0 Å². The number of aromatic nitrogens is 5. The maximum Gasteiger partial charge on any atom is 0.160 e. The molecule has 0 aliphatic rings. The zero-order valence-electron chi connectivity index (χ0n) is 52.6. The molecule has 0 amide bonds. The predicted molar refractivity (Wildman–Crippen MR) is 391 cm³/mol. The first-order valence-electron chi connectivity index (χ1n) is 32.0. The number of nitriles is 6. The van der Waals surface area contributed by atoms with Crippen LogP contribution in [0.25, 0.3) is 161 Å². The molecule has 4 aromatic heterocycles. The topological polar surface area (TPSA) is 183 Å². The van der Waals surface area contributed by atoms with E-state index in [4.69, 9.17) is 9.97 Å². The number of para-hydroxylation sites is 4. The molecular formula is C88H47N11. The van der Waals surface area contributed by atoms with E-state index in [1.165, 1.54) is 24.3 Å². The molecule has 13 aromatic carbocycles. The minimum atomic E-state index is 0.157. The summed E-state index contributed by atoms with van der Waals surface area (Å²) in [7, 11) is 0. The molecule has 0 unspecified atom stereocenters. The second-order valence-corrected chi connectivity index (χ2v) is 24.3. The highest BCUT2D eigenvalue weighted by atomic mass is 15.0. The molecule has 0 aliphatic carbocycles. The van der Waals surface area contributed by atoms with Crippen molar-refractivity contribution in [2.75, 3.05) is 0 Å². The van der Waals surface area contributed by atoms with Gasteiger partial charge >= 0.3 is 0 Å². The Labute approximate surface area is 567 Å². The Morgan fingerprint density at radius 2 is 0.586 bits per heavy atom. The fraction of sp³-hybridized carbons (Fsp3) is 0. The van der Waals surface area contributed by atoms with Gasteiger partial charge in [0.15, 0.2) is 5.82 Å². The molecule has 11 nitrogen and oxygen atoms in total. The second-order valence-electron chi connectivity index (χ2n) is 24.3. The molecule has 99 heavy (non-hydrogen) atoms. The highest BCUT2D eigenvalue weighted by Gasteiger charge is 2.27. The van der Waals surface area contributed by atoms with Crippen molar-refractivity contribution < 1.29 is 0 Å². The van der Waals surface area contributed by atoms with E-state index in [9.17, 15) is 31.6 Å². The predicted octanol–water partition coefficient (Wildman–Crippen LogP) is 20.7. The maximum absolute atomic E-state index is 10.8. The zero-order valence-corrected chi connectivity index (χ0v) is 52.6. The standard InChI is InChI=1S/C88H47N11/c89-48-54-37-63(50-91)85(64(38-54)51-92)60-33-35-83-75(43-60)76-44-61(86-65(52-93)39-55(49-90)40-66(86)53-94)34-36-84(76)99(83)87-73(58-21-15-23-67(41-58)97-79-29-11-7-25-69(79)70-26-8-12-30-80(70)97)45-62(88-95-77(56-17-3-1-4-18-56)47-78(96-88)57-19-5-2-6-20-57)46-74(87)59-22-16-24-68(42-59)98-81-31-13-9-27-71(81)72-28-10-14-32-82(72)98/h1-47H. The van der Waals surface area contributed by atoms with Gasteiger partial charge < -0.3 is 13.7 Å². The zero-order chi connectivity index (χ0) is 66.8. The lowest BCUT2D eigenvalue weighted by Gasteiger charge is -2.22. The Hall–Kier alpha value is -14.7. The van der Waals surface area contributed by atoms with Crippen molar-refractivity contribution in [2.45, 2.75) is 0 Å². The van der Waals surface area contributed by atoms with Crippen LogP contribution in [-0.2, 0) is 0 Å². The summed E-state index contributed by atoms with van der Waals surface area (Å²) in [4.78, 5) is 11.0. The molecule has 17 aromatic rings. The van der Waals surface area contributed by atoms with Crippen LogP contribution in [0.3, 0.4) is 0 Å². The monoisotopic (exact) mass is 1260 g/mol. The van der Waals surface area contributed by atoms with Crippen molar-refractivity contribution in [3.05, 3.63) is 318 Å². The Morgan fingerprint density at radius 1 is 0.242 bits per heavy atom. The van der Waals surface area contributed by atoms with Crippen molar-refractivity contribution in [3.8, 4) is 132 Å². The molecule has 0 aliphatic heterocycles. The third-order valence-electron chi connectivity index (χ3n) is 18.8. The van der Waals surface area contributed by atoms with Crippen molar-refractivity contribution in [1.82, 2.24) is 23.7 Å². The quantitative estimate of drug-likeness (QED) is 0.130. The summed E-state index contributed by atoms with van der Waals surface area (Å²) in [6, 6.07) is 109. The Balaban J connectivity index is 1.04. The van der Waals surface area contributed by atoms with Crippen molar-refractivity contribution in [2.24, 2.45) is 0 Å². The summed E-state index contributed by atoms with van der Waals surface area (Å²) in [5.41, 5.74) is 18.5. The fourth-order valence-electron chi connectivity index (χ4n) is 14.5. The fourth-order valence-corrected chi connectivity index (χ4v) is 14.5. The van der Waals surface area contributed by atoms with Crippen LogP contribution in [0.15, 0.2) is 285 Å². The Kier molecular flexibility index (Phi) is 13.9. The molecule has 0 saturated heterocycles. The van der Waals surface area contributed by atoms with Gasteiger partial charge in [-0.2, -0.15) is 31.6 Å². The minimum Gasteiger partial charge on any atom is -0.309 e. The molecule has 454 valence electrons. The van der Waals surface area contributed by atoms with Crippen molar-refractivity contribution in [1.29, 1.82) is 31.6 Å². The first-order chi connectivity index (χ1) is 48.8. The van der Waals surface area contributed by atoms with Gasteiger partial charge in [0.05, 0.1) is 120 Å². The summed E-state index contributed by atoms with van der Waals surface area (Å²) < 4.78 is 6.91. The van der Waals surface area contributed by atoms with Crippen molar-refractivity contribution in [3.63, 3.8) is 0 Å². The van der Waals surface area contributed by atoms with E-state index >= 15 is 0 Å². The smallest absolute Gasteiger partial charge is 0.160 e. The summed E-state index contributed by atoms with van der Waals surface area (Å²) in [5.74, 6) is 0.492. The van der Waals surface area contributed by atoms with Crippen LogP contribution in [0.1, 0.15) is 33.4 Å². The summed E-state index contributed by atoms with van der Waals surface area (Å²) in [5, 5.41) is 69.3. The number of rotatable bonds is 10. The minimum absolute atomic E-state index is 0.157. The van der Waals surface area contributed by atoms with E-state index in [-0.39, 0.29) is 33.4 Å². The molecule has 0 radical (unpaired) electrons. The van der Waals surface area contributed by atoms with Gasteiger partial charge in [0, 0.05) is 82.6 Å². The third kappa shape index (κ3) is 9.61. The lowest BCUT2D eigenvalue weighted by molar-refractivity contribution is 1.16. The van der Waals surface area contributed by atoms with Gasteiger partial charge in [-0.25, -0.2) is 9.97 Å². The van der Waals surface area contributed by atoms with Crippen LogP contribution in [0.4, 0.5) is 0 Å². The average Bonchev–Trinajstić information content (AvgIpc) is 1.61. The van der Waals surface area contributed by atoms with E-state index in [0.29, 0.717) is 38.9 Å². The SMILES string of the molecule is N#Cc1cc(C#N)c(-c2ccc3c(c2)c2cc(-c4c(C#N)cc(C#N)cc4C#N)ccc2n3-c2c(-c3cccc(-n4c5ccccc5c5ccccc54)c3)cc(-c3nc(-c4ccccc4)cc(-c4ccccc4)n3)cc2-c2cccc(-n3c4ccccc4c4ccccc43)c2)c(C#N)c1. The second kappa shape index (κ2) is 23.7. The molecule has 0 spiro atoms. The maximum atomic E-state index is 10.8. The van der Waals surface area contributed by atoms with Crippen molar-refractivity contribution >= 4 is 65.4 Å². The molecule has 17 rings (SSSR count). The average molecular weight is 1260 g/mol. The number of benzene rings is 13. The van der Waals surface area contributed by atoms with E-state index in [2.05, 4.69) is 232 Å². The summed E-state index contributed by atoms with van der Waals surface area (Å²) >= 11 is 0. The lowest BCUT2D eigenvalue weighted by Crippen LogP contribution is -2.04. The summed E-state index contributed by atoms with van der Waals surface area (Å²) in [6.45, 7) is 0. The van der Waals surface area contributed by atoms with Crippen LogP contribution in [0.5, 0.6) is 0 Å². The Morgan fingerprint density at radius 3 is 0.949 bits per heavy atom. The molecule has 4 heterocycles. The first kappa shape index (κ1) is 58.1. The number of hydrogen-bond acceptors (Lipinski definition) is 8. The van der Waals surface area contributed by atoms with Crippen LogP contribution >= 0.6 is 0 Å². The highest BCUT2D eigenvalue weighted by molar-refractivity contribution is 6.15. The number of fused-ring (bicyclic) bond motifs is 9. The molecular weight excluding hydrogens is 1210 g/mol. The molecule has 0 bridgehead atoms. The van der Waals surface area contributed by atoms with Crippen LogP contribution < -0.4 is 0 Å². The van der Waals surface area contributed by atoms with Gasteiger partial charge in [-0.3, -0.25) is 0 Å². The van der Waals surface area contributed by atoms with Crippen LogP contribution in [0.2, 0.25) is 0 Å². The summed E-state index contributed by atoms with van der Waals surface area (Å²) in [6.07, 6.45) is 0. The molecule has 0 N–H and O–H groups in total. The third-order valence-corrected chi connectivity index (χ3v) is 18.8. The normalized spacial score (nSPS) is 11.2. The number of hydrogen-bond donors (Lipinski definition) is 0. The van der Waals surface area contributed by atoms with Gasteiger partial charge in [-0.05, 0) is 138 Å². The lowest BCUT2D eigenvalue weighted by atomic mass is 9.91. The van der Waals surface area contributed by atoms with Gasteiger partial charge in [-0.1, -0.05) is 170 Å². The molecule has 11 heteroatoms. The van der Waals surface area contributed by atoms with Gasteiger partial charge in [0.2, 0.25) is 0 Å². The Bertz CT molecular complexity index is 6000. The van der Waals surface area contributed by atoms with Gasteiger partial charge in [-0.15, -0.1) is 0 Å². The van der Waals surface area contributed by atoms with Crippen LogP contribution in [0, 0.1) is 68.0 Å². The van der Waals surface area contributed by atoms with Gasteiger partial charge in [0.25, 0.3) is 0 Å². The number of nitrogens with zero attached hydrogens (tertiary/aromatic N) is 11. The van der Waals surface area contributed by atoms with E-state index < -0.39 is 0 Å². The highest BCUT2D eigenvalue weighted by Crippen LogP contribution is 2.48. The largest absolute Gasteiger partial charge is 0.309 e. The molecule has 0 fully saturated rings. The van der Waals surface area contributed by atoms with E-state index in [0.717, 1.165) is 122 Å². The first-order valence-corrected chi connectivity index (χ1v) is 32.0. The molecule has 0 atom stereocenters. The van der Waals surface area contributed by atoms with E-state index in [1.807, 2.05) is 78.9 Å². The van der Waals surface area contributed by atoms with Crippen LogP contribution in [-0.4, -0.2) is 23.7 Å². The molecule has 0 saturated carbocycles.